The smallest absolute Gasteiger partial charge is 0.225 e. The lowest BCUT2D eigenvalue weighted by molar-refractivity contribution is -0.128. The molecule has 1 amide bonds. The molecule has 0 saturated heterocycles. The molecule has 0 radical (unpaired) electrons. The number of hydrogen-bond donors (Lipinski definition) is 2. The van der Waals surface area contributed by atoms with E-state index in [9.17, 15) is 4.79 Å². The summed E-state index contributed by atoms with van der Waals surface area (Å²) in [7, 11) is 0. The quantitative estimate of drug-likeness (QED) is 0.426. The highest BCUT2D eigenvalue weighted by Crippen LogP contribution is 2.11. The molecule has 0 aliphatic carbocycles. The molecule has 0 aliphatic rings. The summed E-state index contributed by atoms with van der Waals surface area (Å²) in [5, 5.41) is 2.83. The van der Waals surface area contributed by atoms with Gasteiger partial charge in [0.05, 0.1) is 6.54 Å². The molecule has 17 heavy (non-hydrogen) atoms. The van der Waals surface area contributed by atoms with Gasteiger partial charge in [-0.1, -0.05) is 20.8 Å². The zero-order valence-electron chi connectivity index (χ0n) is 11.7. The molecule has 5 heteroatoms. The second kappa shape index (κ2) is 7.14. The Bertz CT molecular complexity index is 264. The average Bonchev–Trinajstić information content (AvgIpc) is 2.24. The van der Waals surface area contributed by atoms with Gasteiger partial charge in [-0.2, -0.15) is 0 Å². The fourth-order valence-electron chi connectivity index (χ4n) is 1.25. The molecule has 0 aromatic heterocycles. The summed E-state index contributed by atoms with van der Waals surface area (Å²) in [4.78, 5) is 17.8. The van der Waals surface area contributed by atoms with Crippen molar-refractivity contribution in [3.63, 3.8) is 0 Å². The Labute approximate surface area is 104 Å². The first-order chi connectivity index (χ1) is 7.82. The Balaban J connectivity index is 3.99. The second-order valence-electron chi connectivity index (χ2n) is 4.92. The zero-order valence-corrected chi connectivity index (χ0v) is 11.7. The van der Waals surface area contributed by atoms with Crippen LogP contribution in [-0.2, 0) is 4.79 Å². The van der Waals surface area contributed by atoms with E-state index in [0.29, 0.717) is 19.0 Å². The van der Waals surface area contributed by atoms with Crippen molar-refractivity contribution < 1.29 is 4.79 Å². The van der Waals surface area contributed by atoms with Gasteiger partial charge < -0.3 is 16.0 Å². The molecular weight excluding hydrogens is 216 g/mol. The molecule has 0 bridgehead atoms. The van der Waals surface area contributed by atoms with Crippen molar-refractivity contribution in [2.75, 3.05) is 26.2 Å². The fourth-order valence-corrected chi connectivity index (χ4v) is 1.25. The van der Waals surface area contributed by atoms with Crippen LogP contribution in [0.5, 0.6) is 0 Å². The number of carbonyl (C=O) groups excluding carboxylic acids is 1. The molecule has 0 aliphatic heterocycles. The van der Waals surface area contributed by atoms with E-state index in [4.69, 9.17) is 5.73 Å². The van der Waals surface area contributed by atoms with Crippen LogP contribution in [0.2, 0.25) is 0 Å². The first-order valence-corrected chi connectivity index (χ1v) is 6.16. The Hall–Kier alpha value is -1.26. The number of hydrogen-bond acceptors (Lipinski definition) is 2. The van der Waals surface area contributed by atoms with Gasteiger partial charge in [0, 0.05) is 25.0 Å². The molecule has 5 nitrogen and oxygen atoms in total. The van der Waals surface area contributed by atoms with Gasteiger partial charge in [0.25, 0.3) is 0 Å². The van der Waals surface area contributed by atoms with Gasteiger partial charge in [0.15, 0.2) is 5.96 Å². The van der Waals surface area contributed by atoms with E-state index in [-0.39, 0.29) is 11.3 Å². The van der Waals surface area contributed by atoms with Crippen molar-refractivity contribution >= 4 is 11.9 Å². The lowest BCUT2D eigenvalue weighted by Crippen LogP contribution is -2.39. The molecule has 0 fully saturated rings. The van der Waals surface area contributed by atoms with Crippen LogP contribution in [0.3, 0.4) is 0 Å². The van der Waals surface area contributed by atoms with Gasteiger partial charge in [-0.15, -0.1) is 0 Å². The fraction of sp³-hybridized carbons (Fsp3) is 0.833. The molecular formula is C12H26N4O. The maximum Gasteiger partial charge on any atom is 0.225 e. The minimum absolute atomic E-state index is 0.0362. The van der Waals surface area contributed by atoms with Gasteiger partial charge >= 0.3 is 0 Å². The standard InChI is InChI=1S/C12H26N4O/c1-6-16(7-2)11(13)15-9-8-14-10(17)12(3,4)5/h6-9H2,1-5H3,(H2,13,15)(H,14,17). The lowest BCUT2D eigenvalue weighted by atomic mass is 9.96. The van der Waals surface area contributed by atoms with E-state index >= 15 is 0 Å². The lowest BCUT2D eigenvalue weighted by Gasteiger charge is -2.20. The normalized spacial score (nSPS) is 12.4. The van der Waals surface area contributed by atoms with Crippen LogP contribution < -0.4 is 11.1 Å². The third-order valence-corrected chi connectivity index (χ3v) is 2.44. The number of nitrogens with one attached hydrogen (secondary N) is 1. The minimum Gasteiger partial charge on any atom is -0.370 e. The summed E-state index contributed by atoms with van der Waals surface area (Å²) in [5.41, 5.74) is 5.45. The summed E-state index contributed by atoms with van der Waals surface area (Å²) in [6, 6.07) is 0. The number of aliphatic imine (C=N–C) groups is 1. The molecule has 3 N–H and O–H groups in total. The van der Waals surface area contributed by atoms with E-state index in [2.05, 4.69) is 10.3 Å². The number of nitrogens with two attached hydrogens (primary N) is 1. The van der Waals surface area contributed by atoms with Crippen molar-refractivity contribution in [2.24, 2.45) is 16.1 Å². The van der Waals surface area contributed by atoms with Crippen LogP contribution in [0.1, 0.15) is 34.6 Å². The Morgan fingerprint density at radius 1 is 1.29 bits per heavy atom. The van der Waals surface area contributed by atoms with E-state index in [1.54, 1.807) is 0 Å². The van der Waals surface area contributed by atoms with Crippen molar-refractivity contribution in [3.05, 3.63) is 0 Å². The maximum atomic E-state index is 11.6. The molecule has 0 unspecified atom stereocenters. The van der Waals surface area contributed by atoms with Crippen LogP contribution >= 0.6 is 0 Å². The van der Waals surface area contributed by atoms with Crippen molar-refractivity contribution in [2.45, 2.75) is 34.6 Å². The van der Waals surface area contributed by atoms with Crippen LogP contribution in [0, 0.1) is 5.41 Å². The summed E-state index contributed by atoms with van der Waals surface area (Å²) in [5.74, 6) is 0.578. The van der Waals surface area contributed by atoms with Crippen molar-refractivity contribution in [1.82, 2.24) is 10.2 Å². The molecule has 100 valence electrons. The molecule has 0 rings (SSSR count). The van der Waals surface area contributed by atoms with Crippen LogP contribution in [0.25, 0.3) is 0 Å². The number of guanidine groups is 1. The monoisotopic (exact) mass is 242 g/mol. The maximum absolute atomic E-state index is 11.6. The molecule has 0 atom stereocenters. The summed E-state index contributed by atoms with van der Waals surface area (Å²) in [6.45, 7) is 12.5. The predicted octanol–water partition coefficient (Wildman–Crippen LogP) is 0.805. The van der Waals surface area contributed by atoms with Crippen molar-refractivity contribution in [1.29, 1.82) is 0 Å². The van der Waals surface area contributed by atoms with Gasteiger partial charge in [0.2, 0.25) is 5.91 Å². The van der Waals surface area contributed by atoms with E-state index in [1.807, 2.05) is 39.5 Å². The highest BCUT2D eigenvalue weighted by atomic mass is 16.2. The summed E-state index contributed by atoms with van der Waals surface area (Å²) in [6.07, 6.45) is 0. The summed E-state index contributed by atoms with van der Waals surface area (Å²) >= 11 is 0. The Kier molecular flexibility index (Phi) is 6.61. The zero-order chi connectivity index (χ0) is 13.5. The van der Waals surface area contributed by atoms with Gasteiger partial charge in [-0.05, 0) is 13.8 Å². The predicted molar refractivity (Wildman–Crippen MR) is 71.9 cm³/mol. The van der Waals surface area contributed by atoms with E-state index < -0.39 is 0 Å². The highest BCUT2D eigenvalue weighted by Gasteiger charge is 2.20. The van der Waals surface area contributed by atoms with Crippen molar-refractivity contribution in [3.8, 4) is 0 Å². The first kappa shape index (κ1) is 15.7. The molecule has 0 spiro atoms. The van der Waals surface area contributed by atoms with Crippen LogP contribution in [0.4, 0.5) is 0 Å². The molecule has 0 heterocycles. The largest absolute Gasteiger partial charge is 0.370 e. The third-order valence-electron chi connectivity index (χ3n) is 2.44. The summed E-state index contributed by atoms with van der Waals surface area (Å²) < 4.78 is 0. The SMILES string of the molecule is CCN(CC)C(N)=NCCNC(=O)C(C)(C)C. The first-order valence-electron chi connectivity index (χ1n) is 6.16. The number of rotatable bonds is 5. The van der Waals surface area contributed by atoms with Gasteiger partial charge in [-0.25, -0.2) is 0 Å². The number of carbonyl (C=O) groups is 1. The van der Waals surface area contributed by atoms with E-state index in [0.717, 1.165) is 13.1 Å². The molecule has 0 aromatic rings. The van der Waals surface area contributed by atoms with Crippen LogP contribution in [-0.4, -0.2) is 42.9 Å². The van der Waals surface area contributed by atoms with E-state index in [1.165, 1.54) is 0 Å². The third kappa shape index (κ3) is 6.14. The average molecular weight is 242 g/mol. The topological polar surface area (TPSA) is 70.7 Å². The molecule has 0 saturated carbocycles. The Morgan fingerprint density at radius 3 is 2.24 bits per heavy atom. The van der Waals surface area contributed by atoms with Crippen LogP contribution in [0.15, 0.2) is 4.99 Å². The second-order valence-corrected chi connectivity index (χ2v) is 4.92. The number of amides is 1. The molecule has 0 aromatic carbocycles. The highest BCUT2D eigenvalue weighted by molar-refractivity contribution is 5.81. The Morgan fingerprint density at radius 2 is 1.82 bits per heavy atom. The number of nitrogens with zero attached hydrogens (tertiary/aromatic N) is 2. The minimum atomic E-state index is -0.353. The van der Waals surface area contributed by atoms with Gasteiger partial charge in [-0.3, -0.25) is 9.79 Å². The van der Waals surface area contributed by atoms with Gasteiger partial charge in [0.1, 0.15) is 0 Å².